The van der Waals surface area contributed by atoms with Gasteiger partial charge in [-0.3, -0.25) is 0 Å². The Morgan fingerprint density at radius 1 is 1.20 bits per heavy atom. The van der Waals surface area contributed by atoms with E-state index in [9.17, 15) is 0 Å². The molecular formula is C18H29NO. The summed E-state index contributed by atoms with van der Waals surface area (Å²) in [6, 6.07) is 9.07. The molecule has 112 valence electrons. The van der Waals surface area contributed by atoms with Crippen LogP contribution in [0.5, 0.6) is 0 Å². The number of hydrogen-bond acceptors (Lipinski definition) is 2. The molecular weight excluding hydrogens is 246 g/mol. The monoisotopic (exact) mass is 275 g/mol. The topological polar surface area (TPSA) is 35.2 Å². The SMILES string of the molecule is CCOC1CC(CC(N)c2ccc(CC(C)C)cc2)C1. The molecule has 0 bridgehead atoms. The van der Waals surface area contributed by atoms with Crippen LogP contribution in [0.3, 0.4) is 0 Å². The minimum atomic E-state index is 0.177. The van der Waals surface area contributed by atoms with Gasteiger partial charge in [-0.25, -0.2) is 0 Å². The number of ether oxygens (including phenoxy) is 1. The summed E-state index contributed by atoms with van der Waals surface area (Å²) in [4.78, 5) is 0. The van der Waals surface area contributed by atoms with Crippen LogP contribution in [-0.4, -0.2) is 12.7 Å². The van der Waals surface area contributed by atoms with Crippen LogP contribution in [0.1, 0.15) is 57.2 Å². The molecule has 2 N–H and O–H groups in total. The van der Waals surface area contributed by atoms with Gasteiger partial charge < -0.3 is 10.5 Å². The van der Waals surface area contributed by atoms with Gasteiger partial charge in [0.15, 0.2) is 0 Å². The molecule has 0 spiro atoms. The normalized spacial score (nSPS) is 23.6. The van der Waals surface area contributed by atoms with Gasteiger partial charge in [0.2, 0.25) is 0 Å². The third-order valence-corrected chi connectivity index (χ3v) is 4.23. The van der Waals surface area contributed by atoms with Gasteiger partial charge in [-0.15, -0.1) is 0 Å². The van der Waals surface area contributed by atoms with Crippen molar-refractivity contribution in [1.82, 2.24) is 0 Å². The Hall–Kier alpha value is -0.860. The first-order valence-electron chi connectivity index (χ1n) is 8.04. The number of nitrogens with two attached hydrogens (primary N) is 1. The number of rotatable bonds is 7. The lowest BCUT2D eigenvalue weighted by Gasteiger charge is -2.36. The quantitative estimate of drug-likeness (QED) is 0.813. The van der Waals surface area contributed by atoms with Gasteiger partial charge in [-0.1, -0.05) is 38.1 Å². The molecule has 0 aromatic heterocycles. The van der Waals surface area contributed by atoms with Gasteiger partial charge in [-0.2, -0.15) is 0 Å². The van der Waals surface area contributed by atoms with E-state index in [1.807, 2.05) is 0 Å². The average Bonchev–Trinajstić information content (AvgIpc) is 2.36. The molecule has 1 aromatic carbocycles. The smallest absolute Gasteiger partial charge is 0.0580 e. The fourth-order valence-electron chi connectivity index (χ4n) is 3.11. The van der Waals surface area contributed by atoms with Crippen molar-refractivity contribution in [2.45, 2.75) is 58.6 Å². The van der Waals surface area contributed by atoms with Gasteiger partial charge >= 0.3 is 0 Å². The molecule has 0 amide bonds. The van der Waals surface area contributed by atoms with Gasteiger partial charge in [0.05, 0.1) is 6.10 Å². The zero-order chi connectivity index (χ0) is 14.5. The van der Waals surface area contributed by atoms with E-state index in [1.165, 1.54) is 24.0 Å². The Morgan fingerprint density at radius 3 is 2.40 bits per heavy atom. The standard InChI is InChI=1S/C18H29NO/c1-4-20-17-10-15(11-17)12-18(19)16-7-5-14(6-8-16)9-13(2)3/h5-8,13,15,17-18H,4,9-12,19H2,1-3H3. The third-order valence-electron chi connectivity index (χ3n) is 4.23. The second kappa shape index (κ2) is 7.24. The summed E-state index contributed by atoms with van der Waals surface area (Å²) < 4.78 is 5.61. The van der Waals surface area contributed by atoms with E-state index in [0.717, 1.165) is 25.4 Å². The summed E-state index contributed by atoms with van der Waals surface area (Å²) in [5.74, 6) is 1.46. The first-order chi connectivity index (χ1) is 9.58. The van der Waals surface area contributed by atoms with Crippen LogP contribution < -0.4 is 5.73 Å². The van der Waals surface area contributed by atoms with Crippen LogP contribution in [-0.2, 0) is 11.2 Å². The maximum atomic E-state index is 6.34. The Balaban J connectivity index is 1.79. The van der Waals surface area contributed by atoms with Crippen molar-refractivity contribution in [2.75, 3.05) is 6.61 Å². The summed E-state index contributed by atoms with van der Waals surface area (Å²) in [7, 11) is 0. The Labute approximate surface area is 123 Å². The molecule has 0 heterocycles. The van der Waals surface area contributed by atoms with E-state index in [4.69, 9.17) is 10.5 Å². The van der Waals surface area contributed by atoms with E-state index in [0.29, 0.717) is 12.0 Å². The fraction of sp³-hybridized carbons (Fsp3) is 0.667. The van der Waals surface area contributed by atoms with Crippen LogP contribution in [0.15, 0.2) is 24.3 Å². The van der Waals surface area contributed by atoms with Crippen LogP contribution in [0.25, 0.3) is 0 Å². The molecule has 1 unspecified atom stereocenters. The first kappa shape index (κ1) is 15.5. The lowest BCUT2D eigenvalue weighted by molar-refractivity contribution is -0.0282. The molecule has 20 heavy (non-hydrogen) atoms. The minimum absolute atomic E-state index is 0.177. The van der Waals surface area contributed by atoms with Crippen molar-refractivity contribution in [3.8, 4) is 0 Å². The van der Waals surface area contributed by atoms with Crippen LogP contribution in [0.2, 0.25) is 0 Å². The van der Waals surface area contributed by atoms with Crippen molar-refractivity contribution in [3.63, 3.8) is 0 Å². The van der Waals surface area contributed by atoms with Crippen LogP contribution >= 0.6 is 0 Å². The Morgan fingerprint density at radius 2 is 1.85 bits per heavy atom. The fourth-order valence-corrected chi connectivity index (χ4v) is 3.11. The van der Waals surface area contributed by atoms with Crippen molar-refractivity contribution >= 4 is 0 Å². The highest BCUT2D eigenvalue weighted by Gasteiger charge is 2.30. The Kier molecular flexibility index (Phi) is 5.62. The molecule has 2 heteroatoms. The number of hydrogen-bond donors (Lipinski definition) is 1. The van der Waals surface area contributed by atoms with Gasteiger partial charge in [-0.05, 0) is 55.6 Å². The van der Waals surface area contributed by atoms with E-state index >= 15 is 0 Å². The lowest BCUT2D eigenvalue weighted by atomic mass is 9.77. The van der Waals surface area contributed by atoms with Crippen molar-refractivity contribution in [1.29, 1.82) is 0 Å². The maximum Gasteiger partial charge on any atom is 0.0580 e. The van der Waals surface area contributed by atoms with Crippen LogP contribution in [0, 0.1) is 11.8 Å². The van der Waals surface area contributed by atoms with E-state index < -0.39 is 0 Å². The maximum absolute atomic E-state index is 6.34. The second-order valence-corrected chi connectivity index (χ2v) is 6.60. The number of benzene rings is 1. The molecule has 1 atom stereocenters. The molecule has 2 rings (SSSR count). The highest BCUT2D eigenvalue weighted by Crippen LogP contribution is 2.36. The van der Waals surface area contributed by atoms with Gasteiger partial charge in [0.1, 0.15) is 0 Å². The van der Waals surface area contributed by atoms with Crippen molar-refractivity contribution in [2.24, 2.45) is 17.6 Å². The summed E-state index contributed by atoms with van der Waals surface area (Å²) in [6.07, 6.45) is 5.10. The average molecular weight is 275 g/mol. The lowest BCUT2D eigenvalue weighted by Crippen LogP contribution is -2.33. The molecule has 2 nitrogen and oxygen atoms in total. The van der Waals surface area contributed by atoms with Crippen molar-refractivity contribution in [3.05, 3.63) is 35.4 Å². The van der Waals surface area contributed by atoms with E-state index in [1.54, 1.807) is 0 Å². The summed E-state index contributed by atoms with van der Waals surface area (Å²) in [5, 5.41) is 0. The summed E-state index contributed by atoms with van der Waals surface area (Å²) >= 11 is 0. The van der Waals surface area contributed by atoms with Gasteiger partial charge in [0, 0.05) is 12.6 Å². The third kappa shape index (κ3) is 4.32. The highest BCUT2D eigenvalue weighted by atomic mass is 16.5. The van der Waals surface area contributed by atoms with Gasteiger partial charge in [0.25, 0.3) is 0 Å². The summed E-state index contributed by atoms with van der Waals surface area (Å²) in [6.45, 7) is 7.41. The highest BCUT2D eigenvalue weighted by molar-refractivity contribution is 5.25. The predicted octanol–water partition coefficient (Wildman–Crippen LogP) is 4.09. The first-order valence-corrected chi connectivity index (χ1v) is 8.04. The van der Waals surface area contributed by atoms with Crippen molar-refractivity contribution < 1.29 is 4.74 Å². The predicted molar refractivity (Wildman–Crippen MR) is 84.7 cm³/mol. The second-order valence-electron chi connectivity index (χ2n) is 6.60. The molecule has 0 saturated heterocycles. The van der Waals surface area contributed by atoms with E-state index in [2.05, 4.69) is 45.0 Å². The Bertz CT molecular complexity index is 392. The zero-order valence-corrected chi connectivity index (χ0v) is 13.1. The largest absolute Gasteiger partial charge is 0.378 e. The molecule has 1 saturated carbocycles. The van der Waals surface area contributed by atoms with Crippen LogP contribution in [0.4, 0.5) is 0 Å². The molecule has 0 radical (unpaired) electrons. The molecule has 1 aromatic rings. The zero-order valence-electron chi connectivity index (χ0n) is 13.1. The van der Waals surface area contributed by atoms with E-state index in [-0.39, 0.29) is 6.04 Å². The molecule has 1 fully saturated rings. The minimum Gasteiger partial charge on any atom is -0.378 e. The molecule has 1 aliphatic carbocycles. The summed E-state index contributed by atoms with van der Waals surface area (Å²) in [5.41, 5.74) is 9.02. The molecule has 0 aliphatic heterocycles. The molecule has 1 aliphatic rings.